The molecule has 142 valence electrons. The number of methoxy groups -OCH3 is 1. The van der Waals surface area contributed by atoms with E-state index in [-0.39, 0.29) is 6.61 Å². The Balaban J connectivity index is 1.97. The molecule has 2 aromatic carbocycles. The summed E-state index contributed by atoms with van der Waals surface area (Å²) in [5, 5.41) is 23.6. The number of aliphatic hydroxyl groups is 2. The van der Waals surface area contributed by atoms with Gasteiger partial charge in [0.25, 0.3) is 0 Å². The van der Waals surface area contributed by atoms with Crippen molar-refractivity contribution in [3.05, 3.63) is 66.4 Å². The molecule has 1 aromatic heterocycles. The van der Waals surface area contributed by atoms with E-state index in [9.17, 15) is 5.11 Å². The molecule has 1 heterocycles. The van der Waals surface area contributed by atoms with Gasteiger partial charge < -0.3 is 14.9 Å². The highest BCUT2D eigenvalue weighted by Crippen LogP contribution is 2.27. The third-order valence-corrected chi connectivity index (χ3v) is 4.33. The summed E-state index contributed by atoms with van der Waals surface area (Å²) in [6.45, 7) is 0.720. The quantitative estimate of drug-likeness (QED) is 0.639. The van der Waals surface area contributed by atoms with Crippen LogP contribution in [0.4, 0.5) is 0 Å². The summed E-state index contributed by atoms with van der Waals surface area (Å²) < 4.78 is 7.21. The third-order valence-electron chi connectivity index (χ3n) is 4.33. The summed E-state index contributed by atoms with van der Waals surface area (Å²) in [4.78, 5) is 1.97. The zero-order valence-electron chi connectivity index (χ0n) is 15.6. The number of ether oxygens (including phenoxy) is 1. The lowest BCUT2D eigenvalue weighted by Gasteiger charge is -2.19. The number of hydrogen-bond donors (Lipinski definition) is 2. The fourth-order valence-corrected chi connectivity index (χ4v) is 3.02. The van der Waals surface area contributed by atoms with E-state index in [1.807, 2.05) is 77.4 Å². The van der Waals surface area contributed by atoms with Crippen LogP contribution < -0.4 is 4.74 Å². The minimum Gasteiger partial charge on any atom is -0.497 e. The number of para-hydroxylation sites is 1. The minimum atomic E-state index is -0.764. The number of aromatic nitrogens is 2. The SMILES string of the molecule is COc1cccc(-c2nn(-c3ccccc3)cc2CN(C)CC(O)CO)c1. The van der Waals surface area contributed by atoms with E-state index in [1.165, 1.54) is 0 Å². The van der Waals surface area contributed by atoms with Crippen molar-refractivity contribution in [2.45, 2.75) is 12.6 Å². The van der Waals surface area contributed by atoms with Gasteiger partial charge in [-0.2, -0.15) is 5.10 Å². The number of hydrogen-bond acceptors (Lipinski definition) is 5. The Labute approximate surface area is 159 Å². The molecule has 0 saturated heterocycles. The molecule has 0 spiro atoms. The Morgan fingerprint density at radius 1 is 1.15 bits per heavy atom. The number of rotatable bonds is 8. The second-order valence-electron chi connectivity index (χ2n) is 6.55. The number of likely N-dealkylation sites (N-methyl/N-ethyl adjacent to an activating group) is 1. The van der Waals surface area contributed by atoms with Crippen LogP contribution >= 0.6 is 0 Å². The molecule has 3 aromatic rings. The van der Waals surface area contributed by atoms with E-state index >= 15 is 0 Å². The van der Waals surface area contributed by atoms with Crippen LogP contribution in [0.5, 0.6) is 5.75 Å². The van der Waals surface area contributed by atoms with Crippen molar-refractivity contribution in [1.82, 2.24) is 14.7 Å². The molecule has 1 unspecified atom stereocenters. The summed E-state index contributed by atoms with van der Waals surface area (Å²) in [5.41, 5.74) is 3.84. The van der Waals surface area contributed by atoms with Gasteiger partial charge in [0.15, 0.2) is 0 Å². The highest BCUT2D eigenvalue weighted by atomic mass is 16.5. The van der Waals surface area contributed by atoms with Crippen molar-refractivity contribution in [1.29, 1.82) is 0 Å². The van der Waals surface area contributed by atoms with Crippen molar-refractivity contribution < 1.29 is 14.9 Å². The number of benzene rings is 2. The lowest BCUT2D eigenvalue weighted by atomic mass is 10.1. The van der Waals surface area contributed by atoms with Crippen LogP contribution in [0.2, 0.25) is 0 Å². The van der Waals surface area contributed by atoms with Gasteiger partial charge in [0.2, 0.25) is 0 Å². The van der Waals surface area contributed by atoms with Crippen LogP contribution in [0.15, 0.2) is 60.8 Å². The molecule has 0 fully saturated rings. The fourth-order valence-electron chi connectivity index (χ4n) is 3.02. The maximum atomic E-state index is 9.72. The Bertz CT molecular complexity index is 864. The first-order chi connectivity index (χ1) is 13.1. The normalized spacial score (nSPS) is 12.3. The molecule has 2 N–H and O–H groups in total. The Morgan fingerprint density at radius 3 is 2.63 bits per heavy atom. The van der Waals surface area contributed by atoms with Crippen molar-refractivity contribution in [2.24, 2.45) is 0 Å². The average Bonchev–Trinajstić information content (AvgIpc) is 3.12. The molecular formula is C21H25N3O3. The van der Waals surface area contributed by atoms with Crippen LogP contribution in [0, 0.1) is 0 Å². The van der Waals surface area contributed by atoms with Crippen molar-refractivity contribution in [2.75, 3.05) is 27.3 Å². The van der Waals surface area contributed by atoms with Crippen LogP contribution in [0.25, 0.3) is 16.9 Å². The van der Waals surface area contributed by atoms with Crippen LogP contribution in [-0.2, 0) is 6.54 Å². The first-order valence-electron chi connectivity index (χ1n) is 8.86. The van der Waals surface area contributed by atoms with Crippen LogP contribution in [-0.4, -0.2) is 58.3 Å². The van der Waals surface area contributed by atoms with E-state index in [0.29, 0.717) is 13.1 Å². The zero-order chi connectivity index (χ0) is 19.2. The molecule has 0 aliphatic carbocycles. The minimum absolute atomic E-state index is 0.254. The second-order valence-corrected chi connectivity index (χ2v) is 6.55. The second kappa shape index (κ2) is 8.81. The van der Waals surface area contributed by atoms with E-state index < -0.39 is 6.10 Å². The van der Waals surface area contributed by atoms with Crippen LogP contribution in [0.1, 0.15) is 5.56 Å². The number of aliphatic hydroxyl groups excluding tert-OH is 2. The summed E-state index contributed by atoms with van der Waals surface area (Å²) in [6, 6.07) is 17.8. The van der Waals surface area contributed by atoms with Gasteiger partial charge in [-0.15, -0.1) is 0 Å². The van der Waals surface area contributed by atoms with Crippen molar-refractivity contribution in [3.8, 4) is 22.7 Å². The third kappa shape index (κ3) is 4.74. The standard InChI is InChI=1S/C21H25N3O3/c1-23(14-19(26)15-25)12-17-13-24(18-8-4-3-5-9-18)22-21(17)16-7-6-10-20(11-16)27-2/h3-11,13,19,25-26H,12,14-15H2,1-2H3. The largest absolute Gasteiger partial charge is 0.497 e. The topological polar surface area (TPSA) is 70.8 Å². The summed E-state index contributed by atoms with van der Waals surface area (Å²) >= 11 is 0. The highest BCUT2D eigenvalue weighted by Gasteiger charge is 2.16. The van der Waals surface area contributed by atoms with Gasteiger partial charge in [0.05, 0.1) is 31.2 Å². The molecule has 3 rings (SSSR count). The smallest absolute Gasteiger partial charge is 0.119 e. The molecular weight excluding hydrogens is 342 g/mol. The van der Waals surface area contributed by atoms with E-state index in [2.05, 4.69) is 0 Å². The first kappa shape index (κ1) is 19.1. The van der Waals surface area contributed by atoms with Gasteiger partial charge in [0.1, 0.15) is 5.75 Å². The maximum absolute atomic E-state index is 9.72. The molecule has 6 heteroatoms. The van der Waals surface area contributed by atoms with Gasteiger partial charge in [-0.25, -0.2) is 4.68 Å². The molecule has 0 bridgehead atoms. The molecule has 6 nitrogen and oxygen atoms in total. The summed E-state index contributed by atoms with van der Waals surface area (Å²) in [6.07, 6.45) is 1.24. The maximum Gasteiger partial charge on any atom is 0.119 e. The lowest BCUT2D eigenvalue weighted by Crippen LogP contribution is -2.31. The predicted molar refractivity (Wildman–Crippen MR) is 105 cm³/mol. The predicted octanol–water partition coefficient (Wildman–Crippen LogP) is 2.33. The summed E-state index contributed by atoms with van der Waals surface area (Å²) in [5.74, 6) is 0.775. The number of nitrogens with zero attached hydrogens (tertiary/aromatic N) is 3. The monoisotopic (exact) mass is 367 g/mol. The Morgan fingerprint density at radius 2 is 1.93 bits per heavy atom. The molecule has 0 aliphatic heterocycles. The van der Waals surface area contributed by atoms with Gasteiger partial charge >= 0.3 is 0 Å². The molecule has 0 radical (unpaired) electrons. The van der Waals surface area contributed by atoms with E-state index in [1.54, 1.807) is 7.11 Å². The Hall–Kier alpha value is -2.67. The zero-order valence-corrected chi connectivity index (χ0v) is 15.6. The van der Waals surface area contributed by atoms with Crippen molar-refractivity contribution >= 4 is 0 Å². The van der Waals surface area contributed by atoms with Gasteiger partial charge in [-0.05, 0) is 31.3 Å². The first-order valence-corrected chi connectivity index (χ1v) is 8.86. The van der Waals surface area contributed by atoms with Gasteiger partial charge in [-0.1, -0.05) is 30.3 Å². The molecule has 0 amide bonds. The summed E-state index contributed by atoms with van der Waals surface area (Å²) in [7, 11) is 3.56. The lowest BCUT2D eigenvalue weighted by molar-refractivity contribution is 0.0648. The molecule has 0 aliphatic rings. The van der Waals surface area contributed by atoms with E-state index in [0.717, 1.165) is 28.3 Å². The fraction of sp³-hybridized carbons (Fsp3) is 0.286. The molecule has 27 heavy (non-hydrogen) atoms. The Kier molecular flexibility index (Phi) is 6.24. The molecule has 0 saturated carbocycles. The van der Waals surface area contributed by atoms with E-state index in [4.69, 9.17) is 14.9 Å². The van der Waals surface area contributed by atoms with Crippen molar-refractivity contribution in [3.63, 3.8) is 0 Å². The molecule has 1 atom stereocenters. The van der Waals surface area contributed by atoms with Crippen LogP contribution in [0.3, 0.4) is 0 Å². The average molecular weight is 367 g/mol. The van der Waals surface area contributed by atoms with Gasteiger partial charge in [0, 0.05) is 30.4 Å². The van der Waals surface area contributed by atoms with Gasteiger partial charge in [-0.3, -0.25) is 4.90 Å². The highest BCUT2D eigenvalue weighted by molar-refractivity contribution is 5.65.